The number of hydrogen-bond donors (Lipinski definition) is 0. The Kier molecular flexibility index (Phi) is 2.59. The SMILES string of the molecule is CC(C)C1CC(N2CCC(F)C2)C1. The number of nitrogens with zero attached hydrogens (tertiary/aromatic N) is 1. The van der Waals surface area contributed by atoms with Crippen LogP contribution in [0, 0.1) is 11.8 Å². The average molecular weight is 185 g/mol. The van der Waals surface area contributed by atoms with Gasteiger partial charge in [0.1, 0.15) is 6.17 Å². The van der Waals surface area contributed by atoms with Crippen molar-refractivity contribution in [2.45, 2.75) is 45.3 Å². The molecule has 1 atom stereocenters. The van der Waals surface area contributed by atoms with Crippen LogP contribution in [0.3, 0.4) is 0 Å². The molecule has 1 nitrogen and oxygen atoms in total. The van der Waals surface area contributed by atoms with Gasteiger partial charge in [0, 0.05) is 19.1 Å². The van der Waals surface area contributed by atoms with Crippen molar-refractivity contribution in [1.82, 2.24) is 4.90 Å². The lowest BCUT2D eigenvalue weighted by molar-refractivity contribution is 0.0686. The number of rotatable bonds is 2. The van der Waals surface area contributed by atoms with Gasteiger partial charge in [-0.05, 0) is 31.1 Å². The predicted octanol–water partition coefficient (Wildman–Crippen LogP) is 2.46. The van der Waals surface area contributed by atoms with Gasteiger partial charge in [-0.15, -0.1) is 0 Å². The molecule has 13 heavy (non-hydrogen) atoms. The van der Waals surface area contributed by atoms with E-state index in [1.54, 1.807) is 0 Å². The molecule has 2 rings (SSSR count). The van der Waals surface area contributed by atoms with Crippen molar-refractivity contribution >= 4 is 0 Å². The van der Waals surface area contributed by atoms with E-state index in [4.69, 9.17) is 0 Å². The van der Waals surface area contributed by atoms with E-state index in [-0.39, 0.29) is 0 Å². The minimum atomic E-state index is -0.543. The van der Waals surface area contributed by atoms with Crippen molar-refractivity contribution in [2.24, 2.45) is 11.8 Å². The Balaban J connectivity index is 1.74. The largest absolute Gasteiger partial charge is 0.297 e. The molecule has 1 saturated carbocycles. The van der Waals surface area contributed by atoms with E-state index in [1.807, 2.05) is 0 Å². The van der Waals surface area contributed by atoms with E-state index in [1.165, 1.54) is 12.8 Å². The van der Waals surface area contributed by atoms with Gasteiger partial charge in [-0.1, -0.05) is 13.8 Å². The van der Waals surface area contributed by atoms with Gasteiger partial charge in [-0.25, -0.2) is 4.39 Å². The first-order valence-electron chi connectivity index (χ1n) is 5.55. The highest BCUT2D eigenvalue weighted by molar-refractivity contribution is 4.91. The fourth-order valence-corrected chi connectivity index (χ4v) is 2.55. The van der Waals surface area contributed by atoms with Crippen LogP contribution in [-0.2, 0) is 0 Å². The number of likely N-dealkylation sites (tertiary alicyclic amines) is 1. The second-order valence-electron chi connectivity index (χ2n) is 5.01. The lowest BCUT2D eigenvalue weighted by Gasteiger charge is -2.43. The molecule has 2 heteroatoms. The summed E-state index contributed by atoms with van der Waals surface area (Å²) in [5.41, 5.74) is 0. The van der Waals surface area contributed by atoms with E-state index in [0.29, 0.717) is 12.6 Å². The summed E-state index contributed by atoms with van der Waals surface area (Å²) in [6.07, 6.45) is 2.84. The maximum atomic E-state index is 12.9. The Labute approximate surface area is 80.3 Å². The van der Waals surface area contributed by atoms with Crippen LogP contribution in [0.15, 0.2) is 0 Å². The topological polar surface area (TPSA) is 3.24 Å². The normalized spacial score (nSPS) is 41.1. The fraction of sp³-hybridized carbons (Fsp3) is 1.00. The average Bonchev–Trinajstić information content (AvgIpc) is 2.31. The first-order valence-corrected chi connectivity index (χ1v) is 5.55. The summed E-state index contributed by atoms with van der Waals surface area (Å²) in [7, 11) is 0. The molecule has 1 saturated heterocycles. The Bertz CT molecular complexity index is 175. The third-order valence-corrected chi connectivity index (χ3v) is 3.77. The van der Waals surface area contributed by atoms with Gasteiger partial charge in [-0.2, -0.15) is 0 Å². The van der Waals surface area contributed by atoms with E-state index in [0.717, 1.165) is 24.8 Å². The second-order valence-corrected chi connectivity index (χ2v) is 5.01. The van der Waals surface area contributed by atoms with Crippen molar-refractivity contribution < 1.29 is 4.39 Å². The van der Waals surface area contributed by atoms with Gasteiger partial charge in [0.25, 0.3) is 0 Å². The maximum absolute atomic E-state index is 12.9. The molecule has 0 radical (unpaired) electrons. The van der Waals surface area contributed by atoms with Crippen LogP contribution in [0.25, 0.3) is 0 Å². The minimum Gasteiger partial charge on any atom is -0.297 e. The first-order chi connectivity index (χ1) is 6.16. The Morgan fingerprint density at radius 1 is 1.31 bits per heavy atom. The Hall–Kier alpha value is -0.110. The molecule has 1 heterocycles. The van der Waals surface area contributed by atoms with Gasteiger partial charge in [0.05, 0.1) is 0 Å². The molecule has 1 aliphatic heterocycles. The molecule has 1 unspecified atom stereocenters. The van der Waals surface area contributed by atoms with Gasteiger partial charge in [-0.3, -0.25) is 4.90 Å². The number of halogens is 1. The molecule has 0 bridgehead atoms. The summed E-state index contributed by atoms with van der Waals surface area (Å²) in [4.78, 5) is 2.35. The van der Waals surface area contributed by atoms with Crippen LogP contribution in [0.4, 0.5) is 4.39 Å². The lowest BCUT2D eigenvalue weighted by atomic mass is 9.73. The van der Waals surface area contributed by atoms with Gasteiger partial charge >= 0.3 is 0 Å². The molecule has 1 aliphatic carbocycles. The van der Waals surface area contributed by atoms with E-state index < -0.39 is 6.17 Å². The van der Waals surface area contributed by atoms with Crippen molar-refractivity contribution in [1.29, 1.82) is 0 Å². The molecule has 0 aromatic rings. The smallest absolute Gasteiger partial charge is 0.114 e. The second kappa shape index (κ2) is 3.56. The van der Waals surface area contributed by atoms with Crippen LogP contribution in [0.2, 0.25) is 0 Å². The minimum absolute atomic E-state index is 0.543. The lowest BCUT2D eigenvalue weighted by Crippen LogP contribution is -2.45. The van der Waals surface area contributed by atoms with E-state index >= 15 is 0 Å². The maximum Gasteiger partial charge on any atom is 0.114 e. The predicted molar refractivity (Wildman–Crippen MR) is 52.4 cm³/mol. The standard InChI is InChI=1S/C11H20FN/c1-8(2)9-5-11(6-9)13-4-3-10(12)7-13/h8-11H,3-7H2,1-2H3. The summed E-state index contributed by atoms with van der Waals surface area (Å²) >= 11 is 0. The molecule has 0 N–H and O–H groups in total. The number of alkyl halides is 1. The summed E-state index contributed by atoms with van der Waals surface area (Å²) in [5, 5.41) is 0. The molecular weight excluding hydrogens is 165 g/mol. The Morgan fingerprint density at radius 3 is 2.46 bits per heavy atom. The monoisotopic (exact) mass is 185 g/mol. The van der Waals surface area contributed by atoms with Gasteiger partial charge in [0.2, 0.25) is 0 Å². The molecule has 0 aromatic carbocycles. The molecule has 76 valence electrons. The molecule has 2 aliphatic rings. The summed E-state index contributed by atoms with van der Waals surface area (Å²) in [5.74, 6) is 1.73. The zero-order valence-electron chi connectivity index (χ0n) is 8.67. The third-order valence-electron chi connectivity index (χ3n) is 3.77. The number of hydrogen-bond acceptors (Lipinski definition) is 1. The quantitative estimate of drug-likeness (QED) is 0.639. The molecule has 2 fully saturated rings. The molecule has 0 aromatic heterocycles. The highest BCUT2D eigenvalue weighted by Gasteiger charge is 2.37. The van der Waals surface area contributed by atoms with E-state index in [9.17, 15) is 4.39 Å². The van der Waals surface area contributed by atoms with Gasteiger partial charge < -0.3 is 0 Å². The summed E-state index contributed by atoms with van der Waals surface area (Å²) in [6, 6.07) is 0.716. The van der Waals surface area contributed by atoms with Crippen LogP contribution < -0.4 is 0 Å². The molecular formula is C11H20FN. The first kappa shape index (κ1) is 9.45. The van der Waals surface area contributed by atoms with Crippen LogP contribution in [0.1, 0.15) is 33.1 Å². The van der Waals surface area contributed by atoms with E-state index in [2.05, 4.69) is 18.7 Å². The molecule has 0 amide bonds. The fourth-order valence-electron chi connectivity index (χ4n) is 2.55. The zero-order valence-corrected chi connectivity index (χ0v) is 8.67. The summed E-state index contributed by atoms with van der Waals surface area (Å²) < 4.78 is 12.9. The van der Waals surface area contributed by atoms with Crippen LogP contribution >= 0.6 is 0 Å². The van der Waals surface area contributed by atoms with Crippen molar-refractivity contribution in [3.63, 3.8) is 0 Å². The van der Waals surface area contributed by atoms with Crippen LogP contribution in [-0.4, -0.2) is 30.2 Å². The van der Waals surface area contributed by atoms with Crippen molar-refractivity contribution in [2.75, 3.05) is 13.1 Å². The third kappa shape index (κ3) is 1.88. The van der Waals surface area contributed by atoms with Gasteiger partial charge in [0.15, 0.2) is 0 Å². The Morgan fingerprint density at radius 2 is 2.00 bits per heavy atom. The van der Waals surface area contributed by atoms with Crippen molar-refractivity contribution in [3.8, 4) is 0 Å². The molecule has 0 spiro atoms. The summed E-state index contributed by atoms with van der Waals surface area (Å²) in [6.45, 7) is 6.29. The highest BCUT2D eigenvalue weighted by Crippen LogP contribution is 2.38. The highest BCUT2D eigenvalue weighted by atomic mass is 19.1. The zero-order chi connectivity index (χ0) is 9.42. The van der Waals surface area contributed by atoms with Crippen LogP contribution in [0.5, 0.6) is 0 Å². The van der Waals surface area contributed by atoms with Crippen molar-refractivity contribution in [3.05, 3.63) is 0 Å².